The van der Waals surface area contributed by atoms with E-state index in [0.29, 0.717) is 13.0 Å². The smallest absolute Gasteiger partial charge is 0.224 e. The van der Waals surface area contributed by atoms with Crippen LogP contribution in [0.3, 0.4) is 0 Å². The first-order valence-electron chi connectivity index (χ1n) is 8.31. The summed E-state index contributed by atoms with van der Waals surface area (Å²) in [6.07, 6.45) is 4.28. The molecule has 1 fully saturated rings. The van der Waals surface area contributed by atoms with Crippen LogP contribution in [0.15, 0.2) is 36.8 Å². The van der Waals surface area contributed by atoms with Gasteiger partial charge in [0, 0.05) is 51.0 Å². The topological polar surface area (TPSA) is 50.6 Å². The fraction of sp³-hybridized carbons (Fsp3) is 0.444. The molecule has 0 unspecified atom stereocenters. The van der Waals surface area contributed by atoms with E-state index < -0.39 is 0 Å². The second-order valence-corrected chi connectivity index (χ2v) is 6.07. The van der Waals surface area contributed by atoms with E-state index in [0.717, 1.165) is 37.6 Å². The van der Waals surface area contributed by atoms with E-state index in [4.69, 9.17) is 4.74 Å². The Morgan fingerprint density at radius 2 is 1.88 bits per heavy atom. The largest absolute Gasteiger partial charge is 0.497 e. The lowest BCUT2D eigenvalue weighted by Crippen LogP contribution is -2.48. The number of carbonyl (C=O) groups excluding carboxylic acids is 1. The fourth-order valence-electron chi connectivity index (χ4n) is 2.98. The minimum absolute atomic E-state index is 0.218. The molecule has 1 amide bonds. The molecule has 1 aliphatic heterocycles. The van der Waals surface area contributed by atoms with Crippen LogP contribution < -0.4 is 9.64 Å². The summed E-state index contributed by atoms with van der Waals surface area (Å²) in [5.41, 5.74) is 2.16. The molecule has 24 heavy (non-hydrogen) atoms. The van der Waals surface area contributed by atoms with Gasteiger partial charge in [-0.1, -0.05) is 0 Å². The molecule has 2 heterocycles. The lowest BCUT2D eigenvalue weighted by Gasteiger charge is -2.36. The molecular weight excluding hydrogens is 304 g/mol. The molecule has 0 N–H and O–H groups in total. The number of hydrogen-bond donors (Lipinski definition) is 0. The molecule has 0 radical (unpaired) electrons. The molecule has 0 saturated carbocycles. The summed E-state index contributed by atoms with van der Waals surface area (Å²) in [6, 6.07) is 8.08. The van der Waals surface area contributed by atoms with Crippen molar-refractivity contribution >= 4 is 11.6 Å². The molecule has 1 aliphatic rings. The highest BCUT2D eigenvalue weighted by molar-refractivity contribution is 5.76. The van der Waals surface area contributed by atoms with Gasteiger partial charge < -0.3 is 19.1 Å². The number of nitrogens with zero attached hydrogens (tertiary/aromatic N) is 4. The summed E-state index contributed by atoms with van der Waals surface area (Å²) in [6.45, 7) is 5.92. The summed E-state index contributed by atoms with van der Waals surface area (Å²) in [7, 11) is 1.67. The zero-order valence-corrected chi connectivity index (χ0v) is 14.3. The maximum absolute atomic E-state index is 12.4. The summed E-state index contributed by atoms with van der Waals surface area (Å²) in [5, 5.41) is 0. The minimum atomic E-state index is 0.218. The number of carbonyl (C=O) groups is 1. The Kier molecular flexibility index (Phi) is 5.03. The van der Waals surface area contributed by atoms with Gasteiger partial charge in [0.2, 0.25) is 5.91 Å². The number of aromatic nitrogens is 2. The van der Waals surface area contributed by atoms with Crippen LogP contribution in [-0.2, 0) is 11.3 Å². The van der Waals surface area contributed by atoms with E-state index in [1.54, 1.807) is 13.4 Å². The molecule has 0 bridgehead atoms. The summed E-state index contributed by atoms with van der Waals surface area (Å²) < 4.78 is 7.17. The summed E-state index contributed by atoms with van der Waals surface area (Å²) in [4.78, 5) is 20.8. The number of anilines is 1. The quantitative estimate of drug-likeness (QED) is 0.842. The van der Waals surface area contributed by atoms with Gasteiger partial charge in [-0.25, -0.2) is 4.98 Å². The molecule has 6 nitrogen and oxygen atoms in total. The van der Waals surface area contributed by atoms with Crippen LogP contribution in [0.4, 0.5) is 5.69 Å². The SMILES string of the molecule is COc1ccc(N2CCN(C(=O)CCn3cnc(C)c3)CC2)cc1. The molecule has 0 atom stereocenters. The number of hydrogen-bond acceptors (Lipinski definition) is 4. The number of imidazole rings is 1. The number of ether oxygens (including phenoxy) is 1. The van der Waals surface area contributed by atoms with Crippen LogP contribution in [0.5, 0.6) is 5.75 Å². The van der Waals surface area contributed by atoms with Crippen molar-refractivity contribution in [3.05, 3.63) is 42.5 Å². The first kappa shape index (κ1) is 16.4. The van der Waals surface area contributed by atoms with Gasteiger partial charge in [0.05, 0.1) is 19.1 Å². The molecule has 0 aliphatic carbocycles. The number of amides is 1. The Hall–Kier alpha value is -2.50. The second-order valence-electron chi connectivity index (χ2n) is 6.07. The van der Waals surface area contributed by atoms with Gasteiger partial charge in [0.25, 0.3) is 0 Å². The van der Waals surface area contributed by atoms with Gasteiger partial charge in [-0.2, -0.15) is 0 Å². The number of piperazine rings is 1. The van der Waals surface area contributed by atoms with Gasteiger partial charge in [-0.15, -0.1) is 0 Å². The molecular formula is C18H24N4O2. The van der Waals surface area contributed by atoms with E-state index in [2.05, 4.69) is 22.0 Å². The van der Waals surface area contributed by atoms with Crippen molar-refractivity contribution in [2.75, 3.05) is 38.2 Å². The van der Waals surface area contributed by atoms with Crippen LogP contribution in [0.25, 0.3) is 0 Å². The number of methoxy groups -OCH3 is 1. The molecule has 0 spiro atoms. The first-order valence-corrected chi connectivity index (χ1v) is 8.31. The molecule has 2 aromatic rings. The van der Waals surface area contributed by atoms with Gasteiger partial charge in [0.1, 0.15) is 5.75 Å². The van der Waals surface area contributed by atoms with Crippen LogP contribution in [0.2, 0.25) is 0 Å². The maximum atomic E-state index is 12.4. The minimum Gasteiger partial charge on any atom is -0.497 e. The standard InChI is InChI=1S/C18H24N4O2/c1-15-13-20(14-19-15)8-7-18(23)22-11-9-21(10-12-22)16-3-5-17(24-2)6-4-16/h3-6,13-14H,7-12H2,1-2H3. The third kappa shape index (κ3) is 3.88. The molecule has 1 saturated heterocycles. The predicted molar refractivity (Wildman–Crippen MR) is 93.4 cm³/mol. The Labute approximate surface area is 142 Å². The van der Waals surface area contributed by atoms with Crippen LogP contribution in [0.1, 0.15) is 12.1 Å². The maximum Gasteiger partial charge on any atom is 0.224 e. The van der Waals surface area contributed by atoms with E-state index in [1.807, 2.05) is 34.7 Å². The number of aryl methyl sites for hydroxylation is 2. The average Bonchev–Trinajstić information content (AvgIpc) is 3.05. The monoisotopic (exact) mass is 328 g/mol. The molecule has 128 valence electrons. The highest BCUT2D eigenvalue weighted by Gasteiger charge is 2.21. The van der Waals surface area contributed by atoms with E-state index >= 15 is 0 Å². The average molecular weight is 328 g/mol. The first-order chi connectivity index (χ1) is 11.7. The summed E-state index contributed by atoms with van der Waals surface area (Å²) in [5.74, 6) is 1.08. The van der Waals surface area contributed by atoms with Crippen molar-refractivity contribution < 1.29 is 9.53 Å². The number of benzene rings is 1. The lowest BCUT2D eigenvalue weighted by atomic mass is 10.2. The Morgan fingerprint density at radius 1 is 1.17 bits per heavy atom. The van der Waals surface area contributed by atoms with Crippen LogP contribution >= 0.6 is 0 Å². The molecule has 1 aromatic heterocycles. The van der Waals surface area contributed by atoms with Crippen molar-refractivity contribution in [2.45, 2.75) is 19.9 Å². The third-order valence-corrected chi connectivity index (χ3v) is 4.42. The van der Waals surface area contributed by atoms with Crippen molar-refractivity contribution in [3.63, 3.8) is 0 Å². The molecule has 3 rings (SSSR count). The van der Waals surface area contributed by atoms with Gasteiger partial charge in [-0.05, 0) is 31.2 Å². The van der Waals surface area contributed by atoms with Crippen LogP contribution in [0, 0.1) is 6.92 Å². The van der Waals surface area contributed by atoms with Crippen molar-refractivity contribution in [2.24, 2.45) is 0 Å². The fourth-order valence-corrected chi connectivity index (χ4v) is 2.98. The number of rotatable bonds is 5. The Balaban J connectivity index is 1.47. The van der Waals surface area contributed by atoms with E-state index in [-0.39, 0.29) is 5.91 Å². The summed E-state index contributed by atoms with van der Waals surface area (Å²) >= 11 is 0. The second kappa shape index (κ2) is 7.38. The van der Waals surface area contributed by atoms with Gasteiger partial charge in [-0.3, -0.25) is 4.79 Å². The third-order valence-electron chi connectivity index (χ3n) is 4.42. The van der Waals surface area contributed by atoms with Crippen LogP contribution in [-0.4, -0.2) is 53.6 Å². The van der Waals surface area contributed by atoms with E-state index in [1.165, 1.54) is 5.69 Å². The van der Waals surface area contributed by atoms with Gasteiger partial charge >= 0.3 is 0 Å². The highest BCUT2D eigenvalue weighted by Crippen LogP contribution is 2.20. The van der Waals surface area contributed by atoms with Crippen molar-refractivity contribution in [1.82, 2.24) is 14.5 Å². The zero-order valence-electron chi connectivity index (χ0n) is 14.3. The highest BCUT2D eigenvalue weighted by atomic mass is 16.5. The van der Waals surface area contributed by atoms with Gasteiger partial charge in [0.15, 0.2) is 0 Å². The van der Waals surface area contributed by atoms with E-state index in [9.17, 15) is 4.79 Å². The normalized spacial score (nSPS) is 14.8. The Morgan fingerprint density at radius 3 is 2.46 bits per heavy atom. The van der Waals surface area contributed by atoms with Crippen molar-refractivity contribution in [3.8, 4) is 5.75 Å². The predicted octanol–water partition coefficient (Wildman–Crippen LogP) is 1.94. The zero-order chi connectivity index (χ0) is 16.9. The molecule has 1 aromatic carbocycles. The Bertz CT molecular complexity index is 673. The molecule has 6 heteroatoms. The lowest BCUT2D eigenvalue weighted by molar-refractivity contribution is -0.131. The van der Waals surface area contributed by atoms with Crippen molar-refractivity contribution in [1.29, 1.82) is 0 Å².